The van der Waals surface area contributed by atoms with Crippen LogP contribution in [0, 0.1) is 12.8 Å². The molecule has 0 aliphatic carbocycles. The Labute approximate surface area is 156 Å². The smallest absolute Gasteiger partial charge is 0.194 e. The van der Waals surface area contributed by atoms with E-state index >= 15 is 0 Å². The lowest BCUT2D eigenvalue weighted by Gasteiger charge is -2.23. The van der Waals surface area contributed by atoms with Crippen LogP contribution in [0.3, 0.4) is 0 Å². The summed E-state index contributed by atoms with van der Waals surface area (Å²) < 4.78 is 13.3. The average Bonchev–Trinajstić information content (AvgIpc) is 3.38. The van der Waals surface area contributed by atoms with Gasteiger partial charge in [0.15, 0.2) is 11.8 Å². The van der Waals surface area contributed by atoms with Crippen LogP contribution >= 0.6 is 0 Å². The van der Waals surface area contributed by atoms with Gasteiger partial charge in [0.1, 0.15) is 12.4 Å². The molecule has 0 radical (unpaired) electrons. The molecule has 1 N–H and O–H groups in total. The van der Waals surface area contributed by atoms with E-state index in [2.05, 4.69) is 20.4 Å². The Hall–Kier alpha value is -1.67. The average molecular weight is 364 g/mol. The molecule has 1 aromatic heterocycles. The Bertz CT molecular complexity index is 597. The van der Waals surface area contributed by atoms with Gasteiger partial charge in [-0.15, -0.1) is 10.2 Å². The van der Waals surface area contributed by atoms with Crippen molar-refractivity contribution in [2.24, 2.45) is 18.0 Å². The van der Waals surface area contributed by atoms with E-state index in [1.807, 2.05) is 25.5 Å². The number of hydrogen-bond donors (Lipinski definition) is 1. The fraction of sp³-hybridized carbons (Fsp3) is 0.833. The summed E-state index contributed by atoms with van der Waals surface area (Å²) in [7, 11) is 1.98. The van der Waals surface area contributed by atoms with E-state index < -0.39 is 0 Å². The first kappa shape index (κ1) is 19.1. The highest BCUT2D eigenvalue weighted by Gasteiger charge is 2.26. The van der Waals surface area contributed by atoms with Crippen molar-refractivity contribution in [3.63, 3.8) is 0 Å². The van der Waals surface area contributed by atoms with Gasteiger partial charge in [0.05, 0.1) is 12.7 Å². The highest BCUT2D eigenvalue weighted by molar-refractivity contribution is 5.80. The maximum Gasteiger partial charge on any atom is 0.194 e. The third-order valence-corrected chi connectivity index (χ3v) is 5.21. The molecule has 2 unspecified atom stereocenters. The van der Waals surface area contributed by atoms with Gasteiger partial charge in [0.2, 0.25) is 0 Å². The molecule has 3 rings (SSSR count). The zero-order valence-electron chi connectivity index (χ0n) is 16.3. The normalized spacial score (nSPS) is 23.8. The van der Waals surface area contributed by atoms with Crippen LogP contribution in [0.4, 0.5) is 0 Å². The van der Waals surface area contributed by atoms with Crippen LogP contribution < -0.4 is 5.32 Å². The predicted octanol–water partition coefficient (Wildman–Crippen LogP) is 1.11. The van der Waals surface area contributed by atoms with E-state index in [1.165, 1.54) is 0 Å². The number of rotatable bonds is 7. The van der Waals surface area contributed by atoms with Crippen molar-refractivity contribution in [2.75, 3.05) is 39.5 Å². The summed E-state index contributed by atoms with van der Waals surface area (Å²) in [5, 5.41) is 11.9. The third kappa shape index (κ3) is 4.94. The molecule has 0 saturated carbocycles. The van der Waals surface area contributed by atoms with Crippen LogP contribution in [-0.2, 0) is 23.1 Å². The van der Waals surface area contributed by atoms with Crippen LogP contribution in [0.5, 0.6) is 0 Å². The van der Waals surface area contributed by atoms with E-state index in [0.29, 0.717) is 18.6 Å². The lowest BCUT2D eigenvalue weighted by molar-refractivity contribution is 0.111. The van der Waals surface area contributed by atoms with Gasteiger partial charge in [-0.3, -0.25) is 0 Å². The minimum Gasteiger partial charge on any atom is -0.381 e. The van der Waals surface area contributed by atoms with Crippen LogP contribution in [-0.4, -0.2) is 71.2 Å². The quantitative estimate of drug-likeness (QED) is 0.577. The third-order valence-electron chi connectivity index (χ3n) is 5.21. The monoisotopic (exact) mass is 364 g/mol. The molecule has 26 heavy (non-hydrogen) atoms. The highest BCUT2D eigenvalue weighted by Crippen LogP contribution is 2.17. The Morgan fingerprint density at radius 3 is 2.96 bits per heavy atom. The molecule has 2 saturated heterocycles. The number of nitrogens with one attached hydrogen (secondary N) is 1. The van der Waals surface area contributed by atoms with Crippen LogP contribution in [0.2, 0.25) is 0 Å². The van der Waals surface area contributed by atoms with Crippen molar-refractivity contribution in [3.8, 4) is 0 Å². The Morgan fingerprint density at radius 2 is 2.27 bits per heavy atom. The van der Waals surface area contributed by atoms with Crippen LogP contribution in [0.1, 0.15) is 37.8 Å². The van der Waals surface area contributed by atoms with Crippen molar-refractivity contribution in [3.05, 3.63) is 11.6 Å². The predicted molar refractivity (Wildman–Crippen MR) is 100 cm³/mol. The van der Waals surface area contributed by atoms with Gasteiger partial charge in [-0.1, -0.05) is 0 Å². The molecule has 146 valence electrons. The molecule has 8 heteroatoms. The van der Waals surface area contributed by atoms with Crippen molar-refractivity contribution in [2.45, 2.75) is 45.8 Å². The molecule has 2 aliphatic rings. The fourth-order valence-corrected chi connectivity index (χ4v) is 3.46. The van der Waals surface area contributed by atoms with E-state index in [9.17, 15) is 0 Å². The number of hydrogen-bond acceptors (Lipinski definition) is 5. The maximum absolute atomic E-state index is 5.74. The van der Waals surface area contributed by atoms with E-state index in [-0.39, 0.29) is 0 Å². The van der Waals surface area contributed by atoms with E-state index in [0.717, 1.165) is 76.3 Å². The largest absolute Gasteiger partial charge is 0.381 e. The molecule has 8 nitrogen and oxygen atoms in total. The number of nitrogens with zero attached hydrogens (tertiary/aromatic N) is 5. The van der Waals surface area contributed by atoms with Gasteiger partial charge < -0.3 is 24.3 Å². The minimum absolute atomic E-state index is 0.291. The molecule has 0 bridgehead atoms. The molecular weight excluding hydrogens is 332 g/mol. The zero-order valence-corrected chi connectivity index (χ0v) is 16.3. The standard InChI is InChI=1S/C18H32N6O2/c1-4-25-13-15-7-8-24(12-15)18(19-10-16-6-5-9-26-16)20-11-17-22-21-14(2)23(17)3/h15-16H,4-13H2,1-3H3,(H,19,20). The van der Waals surface area contributed by atoms with Gasteiger partial charge >= 0.3 is 0 Å². The number of aromatic nitrogens is 3. The highest BCUT2D eigenvalue weighted by atomic mass is 16.5. The van der Waals surface area contributed by atoms with Crippen LogP contribution in [0.25, 0.3) is 0 Å². The number of aryl methyl sites for hydroxylation is 1. The molecule has 0 spiro atoms. The van der Waals surface area contributed by atoms with Crippen molar-refractivity contribution in [1.29, 1.82) is 0 Å². The lowest BCUT2D eigenvalue weighted by atomic mass is 10.1. The lowest BCUT2D eigenvalue weighted by Crippen LogP contribution is -2.43. The number of likely N-dealkylation sites (tertiary alicyclic amines) is 1. The Kier molecular flexibility index (Phi) is 6.85. The van der Waals surface area contributed by atoms with Gasteiger partial charge in [0.25, 0.3) is 0 Å². The number of guanidine groups is 1. The molecule has 2 atom stereocenters. The second-order valence-electron chi connectivity index (χ2n) is 7.14. The molecular formula is C18H32N6O2. The van der Waals surface area contributed by atoms with Gasteiger partial charge in [0, 0.05) is 45.8 Å². The molecule has 0 amide bonds. The SMILES string of the molecule is CCOCC1CCN(C(=NCc2nnc(C)n2C)NCC2CCCO2)C1. The van der Waals surface area contributed by atoms with Gasteiger partial charge in [-0.25, -0.2) is 4.99 Å². The molecule has 2 aliphatic heterocycles. The topological polar surface area (TPSA) is 76.8 Å². The first-order valence-electron chi connectivity index (χ1n) is 9.74. The second-order valence-corrected chi connectivity index (χ2v) is 7.14. The molecule has 0 aromatic carbocycles. The Morgan fingerprint density at radius 1 is 1.38 bits per heavy atom. The van der Waals surface area contributed by atoms with Gasteiger partial charge in [-0.05, 0) is 33.1 Å². The fourth-order valence-electron chi connectivity index (χ4n) is 3.46. The van der Waals surface area contributed by atoms with Crippen LogP contribution in [0.15, 0.2) is 4.99 Å². The summed E-state index contributed by atoms with van der Waals surface area (Å²) >= 11 is 0. The molecule has 3 heterocycles. The van der Waals surface area contributed by atoms with Gasteiger partial charge in [-0.2, -0.15) is 0 Å². The number of ether oxygens (including phenoxy) is 2. The van der Waals surface area contributed by atoms with Crippen molar-refractivity contribution < 1.29 is 9.47 Å². The minimum atomic E-state index is 0.291. The first-order valence-corrected chi connectivity index (χ1v) is 9.74. The first-order chi connectivity index (χ1) is 12.7. The molecule has 1 aromatic rings. The summed E-state index contributed by atoms with van der Waals surface area (Å²) in [6, 6.07) is 0. The van der Waals surface area contributed by atoms with E-state index in [1.54, 1.807) is 0 Å². The summed E-state index contributed by atoms with van der Waals surface area (Å²) in [5.74, 6) is 3.30. The second kappa shape index (κ2) is 9.32. The molecule has 2 fully saturated rings. The summed E-state index contributed by atoms with van der Waals surface area (Å²) in [6.45, 7) is 9.80. The number of aliphatic imine (C=N–C) groups is 1. The van der Waals surface area contributed by atoms with Crippen molar-refractivity contribution >= 4 is 5.96 Å². The summed E-state index contributed by atoms with van der Waals surface area (Å²) in [6.07, 6.45) is 3.70. The van der Waals surface area contributed by atoms with E-state index in [4.69, 9.17) is 14.5 Å². The van der Waals surface area contributed by atoms with Crippen molar-refractivity contribution in [1.82, 2.24) is 25.0 Å². The maximum atomic E-state index is 5.74. The summed E-state index contributed by atoms with van der Waals surface area (Å²) in [5.41, 5.74) is 0. The summed E-state index contributed by atoms with van der Waals surface area (Å²) in [4.78, 5) is 7.17. The zero-order chi connectivity index (χ0) is 18.4. The Balaban J connectivity index is 1.62.